The Bertz CT molecular complexity index is 382. The molecule has 0 amide bonds. The lowest BCUT2D eigenvalue weighted by molar-refractivity contribution is -0.120. The standard InChI is InChI=1S/C12H17N3O/c1-9-7-12(14-13-8-9)15(2)10-3-5-11(16)6-4-10/h7-8,10H,3-6H2,1-2H3. The summed E-state index contributed by atoms with van der Waals surface area (Å²) in [6, 6.07) is 2.46. The zero-order valence-corrected chi connectivity index (χ0v) is 9.81. The molecule has 0 aliphatic heterocycles. The van der Waals surface area contributed by atoms with Gasteiger partial charge >= 0.3 is 0 Å². The number of aromatic nitrogens is 2. The second-order valence-electron chi connectivity index (χ2n) is 4.47. The summed E-state index contributed by atoms with van der Waals surface area (Å²) in [5.41, 5.74) is 1.11. The van der Waals surface area contributed by atoms with E-state index < -0.39 is 0 Å². The topological polar surface area (TPSA) is 46.1 Å². The van der Waals surface area contributed by atoms with E-state index in [1.54, 1.807) is 6.20 Å². The second-order valence-corrected chi connectivity index (χ2v) is 4.47. The van der Waals surface area contributed by atoms with Crippen LogP contribution in [0.4, 0.5) is 5.82 Å². The molecule has 4 heteroatoms. The summed E-state index contributed by atoms with van der Waals surface area (Å²) in [4.78, 5) is 13.3. The van der Waals surface area contributed by atoms with E-state index in [0.29, 0.717) is 24.7 Å². The van der Waals surface area contributed by atoms with Crippen LogP contribution in [0.5, 0.6) is 0 Å². The number of carbonyl (C=O) groups is 1. The Kier molecular flexibility index (Phi) is 3.17. The van der Waals surface area contributed by atoms with Crippen molar-refractivity contribution in [1.29, 1.82) is 0 Å². The third-order valence-electron chi connectivity index (χ3n) is 3.20. The largest absolute Gasteiger partial charge is 0.355 e. The van der Waals surface area contributed by atoms with Crippen molar-refractivity contribution in [3.63, 3.8) is 0 Å². The first-order chi connectivity index (χ1) is 7.66. The average molecular weight is 219 g/mol. The second kappa shape index (κ2) is 4.60. The van der Waals surface area contributed by atoms with Gasteiger partial charge in [-0.2, -0.15) is 5.10 Å². The van der Waals surface area contributed by atoms with Crippen molar-refractivity contribution < 1.29 is 4.79 Å². The maximum atomic E-state index is 11.2. The van der Waals surface area contributed by atoms with Crippen molar-refractivity contribution in [3.05, 3.63) is 17.8 Å². The van der Waals surface area contributed by atoms with Crippen LogP contribution in [0.1, 0.15) is 31.2 Å². The summed E-state index contributed by atoms with van der Waals surface area (Å²) in [5, 5.41) is 8.08. The van der Waals surface area contributed by atoms with Crippen LogP contribution in [0.15, 0.2) is 12.3 Å². The molecule has 1 aromatic heterocycles. The third-order valence-corrected chi connectivity index (χ3v) is 3.20. The van der Waals surface area contributed by atoms with Gasteiger partial charge in [-0.15, -0.1) is 5.10 Å². The SMILES string of the molecule is Cc1cnnc(N(C)C2CCC(=O)CC2)c1. The Morgan fingerprint density at radius 2 is 2.06 bits per heavy atom. The number of hydrogen-bond donors (Lipinski definition) is 0. The lowest BCUT2D eigenvalue weighted by Crippen LogP contribution is -2.35. The van der Waals surface area contributed by atoms with Crippen LogP contribution >= 0.6 is 0 Å². The molecule has 0 aromatic carbocycles. The maximum absolute atomic E-state index is 11.2. The van der Waals surface area contributed by atoms with Crippen LogP contribution in [0, 0.1) is 6.92 Å². The monoisotopic (exact) mass is 219 g/mol. The van der Waals surface area contributed by atoms with Gasteiger partial charge in [0, 0.05) is 25.9 Å². The molecule has 0 radical (unpaired) electrons. The van der Waals surface area contributed by atoms with Crippen molar-refractivity contribution in [2.45, 2.75) is 38.6 Å². The lowest BCUT2D eigenvalue weighted by Gasteiger charge is -2.31. The van der Waals surface area contributed by atoms with Crippen molar-refractivity contribution in [3.8, 4) is 0 Å². The third kappa shape index (κ3) is 2.38. The molecule has 0 saturated heterocycles. The molecule has 16 heavy (non-hydrogen) atoms. The highest BCUT2D eigenvalue weighted by molar-refractivity contribution is 5.79. The van der Waals surface area contributed by atoms with E-state index in [-0.39, 0.29) is 0 Å². The van der Waals surface area contributed by atoms with Crippen molar-refractivity contribution >= 4 is 11.6 Å². The van der Waals surface area contributed by atoms with E-state index in [1.165, 1.54) is 0 Å². The number of anilines is 1. The van der Waals surface area contributed by atoms with Crippen LogP contribution in [-0.2, 0) is 4.79 Å². The molecule has 1 fully saturated rings. The minimum absolute atomic E-state index is 0.389. The molecule has 86 valence electrons. The summed E-state index contributed by atoms with van der Waals surface area (Å²) in [7, 11) is 2.03. The Labute approximate surface area is 95.7 Å². The van der Waals surface area contributed by atoms with E-state index in [1.807, 2.05) is 20.0 Å². The van der Waals surface area contributed by atoms with E-state index in [9.17, 15) is 4.79 Å². The molecular weight excluding hydrogens is 202 g/mol. The van der Waals surface area contributed by atoms with E-state index in [4.69, 9.17) is 0 Å². The molecule has 1 aliphatic rings. The summed E-state index contributed by atoms with van der Waals surface area (Å²) in [6.07, 6.45) is 5.03. The van der Waals surface area contributed by atoms with Crippen LogP contribution in [0.2, 0.25) is 0 Å². The van der Waals surface area contributed by atoms with Crippen molar-refractivity contribution in [2.24, 2.45) is 0 Å². The fourth-order valence-electron chi connectivity index (χ4n) is 2.12. The Hall–Kier alpha value is -1.45. The zero-order valence-electron chi connectivity index (χ0n) is 9.81. The van der Waals surface area contributed by atoms with Crippen molar-refractivity contribution in [2.75, 3.05) is 11.9 Å². The predicted molar refractivity (Wildman–Crippen MR) is 62.4 cm³/mol. The first-order valence-corrected chi connectivity index (χ1v) is 5.70. The van der Waals surface area contributed by atoms with Gasteiger partial charge in [0.1, 0.15) is 5.78 Å². The molecule has 0 spiro atoms. The number of ketones is 1. The van der Waals surface area contributed by atoms with Gasteiger partial charge in [-0.25, -0.2) is 0 Å². The van der Waals surface area contributed by atoms with Gasteiger partial charge in [-0.05, 0) is 31.4 Å². The van der Waals surface area contributed by atoms with E-state index in [0.717, 1.165) is 24.2 Å². The van der Waals surface area contributed by atoms with Crippen LogP contribution in [-0.4, -0.2) is 29.1 Å². The van der Waals surface area contributed by atoms with Gasteiger partial charge in [-0.3, -0.25) is 4.79 Å². The highest BCUT2D eigenvalue weighted by atomic mass is 16.1. The van der Waals surface area contributed by atoms with Gasteiger partial charge in [0.25, 0.3) is 0 Å². The first-order valence-electron chi connectivity index (χ1n) is 5.70. The molecule has 0 bridgehead atoms. The fourth-order valence-corrected chi connectivity index (χ4v) is 2.12. The number of carbonyl (C=O) groups excluding carboxylic acids is 1. The van der Waals surface area contributed by atoms with E-state index >= 15 is 0 Å². The van der Waals surface area contributed by atoms with Crippen LogP contribution in [0.25, 0.3) is 0 Å². The van der Waals surface area contributed by atoms with Crippen LogP contribution < -0.4 is 4.90 Å². The number of Topliss-reactive ketones (excluding diaryl/α,β-unsaturated/α-hetero) is 1. The number of nitrogens with zero attached hydrogens (tertiary/aromatic N) is 3. The van der Waals surface area contributed by atoms with Gasteiger partial charge in [-0.1, -0.05) is 0 Å². The fraction of sp³-hybridized carbons (Fsp3) is 0.583. The molecule has 1 aliphatic carbocycles. The highest BCUT2D eigenvalue weighted by Crippen LogP contribution is 2.23. The number of rotatable bonds is 2. The quantitative estimate of drug-likeness (QED) is 0.760. The molecule has 1 heterocycles. The summed E-state index contributed by atoms with van der Waals surface area (Å²) in [5.74, 6) is 1.29. The summed E-state index contributed by atoms with van der Waals surface area (Å²) in [6.45, 7) is 2.01. The van der Waals surface area contributed by atoms with Crippen molar-refractivity contribution in [1.82, 2.24) is 10.2 Å². The first kappa shape index (κ1) is 11.0. The van der Waals surface area contributed by atoms with Gasteiger partial charge in [0.2, 0.25) is 0 Å². The van der Waals surface area contributed by atoms with Gasteiger partial charge in [0.15, 0.2) is 5.82 Å². The summed E-state index contributed by atoms with van der Waals surface area (Å²) < 4.78 is 0. The minimum atomic E-state index is 0.389. The molecule has 0 atom stereocenters. The molecule has 0 N–H and O–H groups in total. The molecular formula is C12H17N3O. The van der Waals surface area contributed by atoms with Crippen LogP contribution in [0.3, 0.4) is 0 Å². The smallest absolute Gasteiger partial charge is 0.151 e. The highest BCUT2D eigenvalue weighted by Gasteiger charge is 2.23. The van der Waals surface area contributed by atoms with Gasteiger partial charge in [0.05, 0.1) is 6.20 Å². The molecule has 4 nitrogen and oxygen atoms in total. The maximum Gasteiger partial charge on any atom is 0.151 e. The molecule has 0 unspecified atom stereocenters. The Morgan fingerprint density at radius 3 is 2.69 bits per heavy atom. The molecule has 1 aromatic rings. The van der Waals surface area contributed by atoms with Gasteiger partial charge < -0.3 is 4.90 Å². The average Bonchev–Trinajstić information content (AvgIpc) is 2.29. The Morgan fingerprint density at radius 1 is 1.38 bits per heavy atom. The molecule has 2 rings (SSSR count). The number of hydrogen-bond acceptors (Lipinski definition) is 4. The lowest BCUT2D eigenvalue weighted by atomic mass is 9.93. The summed E-state index contributed by atoms with van der Waals surface area (Å²) >= 11 is 0. The van der Waals surface area contributed by atoms with E-state index in [2.05, 4.69) is 15.1 Å². The normalized spacial score (nSPS) is 17.5. The zero-order chi connectivity index (χ0) is 11.5. The predicted octanol–water partition coefficient (Wildman–Crippen LogP) is 1.73. The minimum Gasteiger partial charge on any atom is -0.355 e. The Balaban J connectivity index is 2.07. The molecule has 1 saturated carbocycles. The number of aryl methyl sites for hydroxylation is 1.